The van der Waals surface area contributed by atoms with Crippen molar-refractivity contribution in [3.8, 4) is 5.75 Å². The van der Waals surface area contributed by atoms with E-state index in [1.165, 1.54) is 30.3 Å². The van der Waals surface area contributed by atoms with Gasteiger partial charge in [-0.2, -0.15) is 0 Å². The van der Waals surface area contributed by atoms with Crippen LogP contribution in [0.25, 0.3) is 0 Å². The Kier molecular flexibility index (Phi) is 5.92. The van der Waals surface area contributed by atoms with Crippen molar-refractivity contribution in [1.82, 2.24) is 0 Å². The van der Waals surface area contributed by atoms with Gasteiger partial charge in [-0.15, -0.1) is 0 Å². The highest BCUT2D eigenvalue weighted by atomic mass is 16.6. The second-order valence-electron chi connectivity index (χ2n) is 6.94. The first kappa shape index (κ1) is 20.7. The lowest BCUT2D eigenvalue weighted by atomic mass is 10.1. The van der Waals surface area contributed by atoms with Gasteiger partial charge < -0.3 is 10.1 Å². The third-order valence-electron chi connectivity index (χ3n) is 4.61. The van der Waals surface area contributed by atoms with E-state index in [1.54, 1.807) is 19.1 Å². The molecule has 0 aromatic heterocycles. The molecule has 3 aromatic carbocycles. The van der Waals surface area contributed by atoms with Crippen molar-refractivity contribution in [1.29, 1.82) is 0 Å². The van der Waals surface area contributed by atoms with Gasteiger partial charge in [-0.3, -0.25) is 14.9 Å². The fraction of sp³-hybridized carbons (Fsp3) is 0.130. The molecular formula is C23H20N2O5. The number of benzene rings is 3. The van der Waals surface area contributed by atoms with E-state index in [4.69, 9.17) is 4.74 Å². The molecule has 0 atom stereocenters. The Morgan fingerprint density at radius 3 is 2.17 bits per heavy atom. The number of amides is 1. The van der Waals surface area contributed by atoms with Gasteiger partial charge in [0.05, 0.1) is 10.5 Å². The predicted molar refractivity (Wildman–Crippen MR) is 113 cm³/mol. The minimum atomic E-state index is -0.717. The summed E-state index contributed by atoms with van der Waals surface area (Å²) < 4.78 is 5.27. The summed E-state index contributed by atoms with van der Waals surface area (Å²) in [7, 11) is 0. The summed E-state index contributed by atoms with van der Waals surface area (Å²) in [6, 6.07) is 16.0. The van der Waals surface area contributed by atoms with Crippen LogP contribution in [0, 0.1) is 30.9 Å². The second kappa shape index (κ2) is 8.57. The number of carbonyl (C=O) groups excluding carboxylic acids is 2. The van der Waals surface area contributed by atoms with E-state index in [-0.39, 0.29) is 22.9 Å². The summed E-state index contributed by atoms with van der Waals surface area (Å²) in [5.41, 5.74) is 3.50. The molecule has 0 saturated heterocycles. The average Bonchev–Trinajstić information content (AvgIpc) is 2.71. The van der Waals surface area contributed by atoms with Crippen LogP contribution in [0.1, 0.15) is 37.4 Å². The van der Waals surface area contributed by atoms with E-state index < -0.39 is 10.9 Å². The summed E-state index contributed by atoms with van der Waals surface area (Å²) in [6.07, 6.45) is 0. The molecule has 0 aliphatic carbocycles. The Morgan fingerprint density at radius 2 is 1.50 bits per heavy atom. The van der Waals surface area contributed by atoms with Crippen molar-refractivity contribution in [3.63, 3.8) is 0 Å². The molecule has 0 fully saturated rings. The van der Waals surface area contributed by atoms with Gasteiger partial charge in [0.15, 0.2) is 0 Å². The number of esters is 1. The molecule has 152 valence electrons. The lowest BCUT2D eigenvalue weighted by molar-refractivity contribution is -0.385. The number of nitrogens with zero attached hydrogens (tertiary/aromatic N) is 1. The number of aryl methyl sites for hydroxylation is 3. The quantitative estimate of drug-likeness (QED) is 0.279. The first-order valence-electron chi connectivity index (χ1n) is 9.20. The van der Waals surface area contributed by atoms with Gasteiger partial charge in [0.1, 0.15) is 5.75 Å². The number of hydrogen-bond donors (Lipinski definition) is 1. The predicted octanol–water partition coefficient (Wildman–Crippen LogP) is 4.99. The van der Waals surface area contributed by atoms with Crippen molar-refractivity contribution in [3.05, 3.63) is 98.6 Å². The zero-order chi connectivity index (χ0) is 21.8. The van der Waals surface area contributed by atoms with E-state index in [2.05, 4.69) is 5.32 Å². The maximum Gasteiger partial charge on any atom is 0.343 e. The fourth-order valence-electron chi connectivity index (χ4n) is 2.84. The van der Waals surface area contributed by atoms with Crippen LogP contribution in [0.3, 0.4) is 0 Å². The van der Waals surface area contributed by atoms with Crippen LogP contribution in [0.4, 0.5) is 11.4 Å². The minimum Gasteiger partial charge on any atom is -0.423 e. The fourth-order valence-corrected chi connectivity index (χ4v) is 2.84. The summed E-state index contributed by atoms with van der Waals surface area (Å²) in [5, 5.41) is 13.9. The van der Waals surface area contributed by atoms with Gasteiger partial charge >= 0.3 is 5.97 Å². The number of ether oxygens (including phenoxy) is 1. The minimum absolute atomic E-state index is 0.0732. The molecule has 7 nitrogen and oxygen atoms in total. The van der Waals surface area contributed by atoms with Crippen molar-refractivity contribution in [2.45, 2.75) is 20.8 Å². The van der Waals surface area contributed by atoms with Crippen molar-refractivity contribution >= 4 is 23.3 Å². The molecule has 0 aliphatic rings. The molecule has 0 heterocycles. The van der Waals surface area contributed by atoms with Gasteiger partial charge in [0.2, 0.25) is 0 Å². The number of nitro benzene ring substituents is 1. The summed E-state index contributed by atoms with van der Waals surface area (Å²) in [4.78, 5) is 35.3. The Bertz CT molecular complexity index is 1140. The van der Waals surface area contributed by atoms with E-state index in [0.29, 0.717) is 11.1 Å². The van der Waals surface area contributed by atoms with Crippen LogP contribution in [-0.4, -0.2) is 16.8 Å². The second-order valence-corrected chi connectivity index (χ2v) is 6.94. The van der Waals surface area contributed by atoms with Crippen LogP contribution >= 0.6 is 0 Å². The lowest BCUT2D eigenvalue weighted by Gasteiger charge is -2.10. The van der Waals surface area contributed by atoms with Crippen molar-refractivity contribution in [2.24, 2.45) is 0 Å². The number of nitro groups is 1. The zero-order valence-electron chi connectivity index (χ0n) is 16.8. The maximum absolute atomic E-state index is 12.5. The monoisotopic (exact) mass is 404 g/mol. The third kappa shape index (κ3) is 4.70. The molecule has 0 radical (unpaired) electrons. The number of rotatable bonds is 5. The maximum atomic E-state index is 12.5. The normalized spacial score (nSPS) is 10.4. The summed E-state index contributed by atoms with van der Waals surface area (Å²) >= 11 is 0. The van der Waals surface area contributed by atoms with E-state index >= 15 is 0 Å². The molecule has 0 saturated carbocycles. The molecule has 1 N–H and O–H groups in total. The molecule has 3 rings (SSSR count). The van der Waals surface area contributed by atoms with Crippen LogP contribution in [0.15, 0.2) is 60.7 Å². The van der Waals surface area contributed by atoms with Gasteiger partial charge in [-0.05, 0) is 68.3 Å². The first-order valence-corrected chi connectivity index (χ1v) is 9.20. The highest BCUT2D eigenvalue weighted by Crippen LogP contribution is 2.22. The topological polar surface area (TPSA) is 98.5 Å². The molecular weight excluding hydrogens is 384 g/mol. The highest BCUT2D eigenvalue weighted by Gasteiger charge is 2.17. The highest BCUT2D eigenvalue weighted by molar-refractivity contribution is 6.04. The third-order valence-corrected chi connectivity index (χ3v) is 4.61. The molecule has 1 amide bonds. The number of hydrogen-bond acceptors (Lipinski definition) is 5. The first-order chi connectivity index (χ1) is 14.2. The molecule has 7 heteroatoms. The Labute approximate surface area is 173 Å². The summed E-state index contributed by atoms with van der Waals surface area (Å²) in [5.74, 6) is -0.770. The van der Waals surface area contributed by atoms with E-state index in [0.717, 1.165) is 16.8 Å². The Hall–Kier alpha value is -4.00. The molecule has 30 heavy (non-hydrogen) atoms. The molecule has 3 aromatic rings. The Balaban J connectivity index is 1.70. The van der Waals surface area contributed by atoms with Gasteiger partial charge in [-0.25, -0.2) is 4.79 Å². The molecule has 0 spiro atoms. The van der Waals surface area contributed by atoms with E-state index in [9.17, 15) is 19.7 Å². The van der Waals surface area contributed by atoms with Crippen LogP contribution in [0.5, 0.6) is 5.75 Å². The van der Waals surface area contributed by atoms with Crippen molar-refractivity contribution < 1.29 is 19.2 Å². The Morgan fingerprint density at radius 1 is 0.867 bits per heavy atom. The van der Waals surface area contributed by atoms with E-state index in [1.807, 2.05) is 32.0 Å². The molecule has 0 bridgehead atoms. The number of nitrogens with one attached hydrogen (secondary N) is 1. The standard InChI is InChI=1S/C23H20N2O5/c1-14-4-5-15(2)20(12-14)24-22(26)17-8-10-19(11-9-17)30-23(27)18-7-6-16(3)21(13-18)25(28)29/h4-13H,1-3H3,(H,24,26). The zero-order valence-corrected chi connectivity index (χ0v) is 16.8. The van der Waals surface area contributed by atoms with Gasteiger partial charge in [0, 0.05) is 22.9 Å². The van der Waals surface area contributed by atoms with Crippen LogP contribution < -0.4 is 10.1 Å². The van der Waals surface area contributed by atoms with Gasteiger partial charge in [-0.1, -0.05) is 18.2 Å². The largest absolute Gasteiger partial charge is 0.423 e. The SMILES string of the molecule is Cc1ccc(C)c(NC(=O)c2ccc(OC(=O)c3ccc(C)c([N+](=O)[O-])c3)cc2)c1. The lowest BCUT2D eigenvalue weighted by Crippen LogP contribution is -2.13. The number of anilines is 1. The molecule has 0 unspecified atom stereocenters. The van der Waals surface area contributed by atoms with Crippen molar-refractivity contribution in [2.75, 3.05) is 5.32 Å². The van der Waals surface area contributed by atoms with Gasteiger partial charge in [0.25, 0.3) is 11.6 Å². The summed E-state index contributed by atoms with van der Waals surface area (Å²) in [6.45, 7) is 5.45. The number of carbonyl (C=O) groups is 2. The molecule has 0 aliphatic heterocycles. The van der Waals surface area contributed by atoms with Crippen LogP contribution in [-0.2, 0) is 0 Å². The average molecular weight is 404 g/mol. The van der Waals surface area contributed by atoms with Crippen LogP contribution in [0.2, 0.25) is 0 Å². The smallest absolute Gasteiger partial charge is 0.343 e.